The van der Waals surface area contributed by atoms with Gasteiger partial charge < -0.3 is 15.7 Å². The lowest BCUT2D eigenvalue weighted by Crippen LogP contribution is -2.45. The Hall–Kier alpha value is -2.11. The minimum absolute atomic E-state index is 0.160. The fourth-order valence-electron chi connectivity index (χ4n) is 2.73. The number of nitrogens with one attached hydrogen (secondary N) is 2. The molecule has 6 nitrogen and oxygen atoms in total. The van der Waals surface area contributed by atoms with Crippen LogP contribution in [0.2, 0.25) is 0 Å². The van der Waals surface area contributed by atoms with Crippen LogP contribution in [-0.4, -0.2) is 28.6 Å². The van der Waals surface area contributed by atoms with Crippen molar-refractivity contribution in [3.8, 4) is 0 Å². The quantitative estimate of drug-likeness (QED) is 0.795. The van der Waals surface area contributed by atoms with Gasteiger partial charge in [-0.05, 0) is 31.9 Å². The number of hydrogen-bond donors (Lipinski definition) is 3. The minimum Gasteiger partial charge on any atom is -0.481 e. The number of rotatable bonds is 4. The Balaban J connectivity index is 1.93. The van der Waals surface area contributed by atoms with Gasteiger partial charge in [0, 0.05) is 12.7 Å². The Bertz CT molecular complexity index is 525. The third kappa shape index (κ3) is 3.71. The number of hydrogen-bond acceptors (Lipinski definition) is 3. The SMILES string of the molecule is Cc1ncccc1NC(=O)NCC1(C(=O)O)CCCCC1. The summed E-state index contributed by atoms with van der Waals surface area (Å²) in [5, 5.41) is 14.8. The second-order valence-corrected chi connectivity index (χ2v) is 5.59. The van der Waals surface area contributed by atoms with Crippen LogP contribution < -0.4 is 10.6 Å². The number of pyridine rings is 1. The summed E-state index contributed by atoms with van der Waals surface area (Å²) in [7, 11) is 0. The zero-order chi connectivity index (χ0) is 15.3. The molecule has 0 radical (unpaired) electrons. The van der Waals surface area contributed by atoms with Crippen molar-refractivity contribution < 1.29 is 14.7 Å². The first-order valence-corrected chi connectivity index (χ1v) is 7.23. The highest BCUT2D eigenvalue weighted by Gasteiger charge is 2.39. The maximum atomic E-state index is 11.9. The molecule has 21 heavy (non-hydrogen) atoms. The normalized spacial score (nSPS) is 17.0. The average molecular weight is 291 g/mol. The van der Waals surface area contributed by atoms with Crippen LogP contribution in [0.1, 0.15) is 37.8 Å². The molecule has 3 N–H and O–H groups in total. The maximum absolute atomic E-state index is 11.9. The van der Waals surface area contributed by atoms with Crippen LogP contribution in [0.15, 0.2) is 18.3 Å². The molecule has 1 aromatic heterocycles. The lowest BCUT2D eigenvalue weighted by Gasteiger charge is -2.33. The van der Waals surface area contributed by atoms with E-state index in [1.165, 1.54) is 0 Å². The summed E-state index contributed by atoms with van der Waals surface area (Å²) in [6, 6.07) is 3.11. The van der Waals surface area contributed by atoms with Crippen LogP contribution in [0, 0.1) is 12.3 Å². The molecule has 1 aromatic rings. The van der Waals surface area contributed by atoms with Crippen molar-refractivity contribution in [1.29, 1.82) is 0 Å². The first-order chi connectivity index (χ1) is 10.0. The Morgan fingerprint density at radius 1 is 1.33 bits per heavy atom. The number of aromatic nitrogens is 1. The molecular formula is C15H21N3O3. The molecular weight excluding hydrogens is 270 g/mol. The van der Waals surface area contributed by atoms with Gasteiger partial charge in [-0.2, -0.15) is 0 Å². The molecule has 1 fully saturated rings. The molecule has 0 aliphatic heterocycles. The van der Waals surface area contributed by atoms with Crippen molar-refractivity contribution in [2.45, 2.75) is 39.0 Å². The van der Waals surface area contributed by atoms with Crippen LogP contribution >= 0.6 is 0 Å². The molecule has 6 heteroatoms. The average Bonchev–Trinajstić information content (AvgIpc) is 2.48. The van der Waals surface area contributed by atoms with E-state index in [4.69, 9.17) is 0 Å². The Morgan fingerprint density at radius 2 is 2.05 bits per heavy atom. The highest BCUT2D eigenvalue weighted by molar-refractivity contribution is 5.90. The Labute approximate surface area is 124 Å². The number of carboxylic acids is 1. The van der Waals surface area contributed by atoms with Crippen molar-refractivity contribution in [2.75, 3.05) is 11.9 Å². The lowest BCUT2D eigenvalue weighted by molar-refractivity contribution is -0.150. The second-order valence-electron chi connectivity index (χ2n) is 5.59. The number of urea groups is 1. The molecule has 114 valence electrons. The highest BCUT2D eigenvalue weighted by atomic mass is 16.4. The van der Waals surface area contributed by atoms with Crippen molar-refractivity contribution >= 4 is 17.7 Å². The summed E-state index contributed by atoms with van der Waals surface area (Å²) in [5.41, 5.74) is 0.529. The summed E-state index contributed by atoms with van der Waals surface area (Å²) >= 11 is 0. The van der Waals surface area contributed by atoms with Crippen molar-refractivity contribution in [1.82, 2.24) is 10.3 Å². The molecule has 2 rings (SSSR count). The van der Waals surface area contributed by atoms with Crippen LogP contribution in [-0.2, 0) is 4.79 Å². The monoisotopic (exact) mass is 291 g/mol. The van der Waals surface area contributed by atoms with E-state index in [0.717, 1.165) is 25.0 Å². The molecule has 1 aliphatic rings. The van der Waals surface area contributed by atoms with Gasteiger partial charge in [-0.25, -0.2) is 4.79 Å². The fraction of sp³-hybridized carbons (Fsp3) is 0.533. The molecule has 1 aliphatic carbocycles. The fourth-order valence-corrected chi connectivity index (χ4v) is 2.73. The third-order valence-corrected chi connectivity index (χ3v) is 4.11. The van der Waals surface area contributed by atoms with Crippen molar-refractivity contribution in [3.63, 3.8) is 0 Å². The molecule has 0 unspecified atom stereocenters. The second kappa shape index (κ2) is 6.56. The zero-order valence-electron chi connectivity index (χ0n) is 12.2. The number of anilines is 1. The number of aryl methyl sites for hydroxylation is 1. The largest absolute Gasteiger partial charge is 0.481 e. The number of aliphatic carboxylic acids is 1. The predicted octanol–water partition coefficient (Wildman–Crippen LogP) is 2.55. The van der Waals surface area contributed by atoms with E-state index in [2.05, 4.69) is 15.6 Å². The van der Waals surface area contributed by atoms with Crippen LogP contribution in [0.4, 0.5) is 10.5 Å². The molecule has 0 atom stereocenters. The van der Waals surface area contributed by atoms with Gasteiger partial charge in [-0.1, -0.05) is 19.3 Å². The van der Waals surface area contributed by atoms with Gasteiger partial charge in [0.2, 0.25) is 0 Å². The molecule has 0 aromatic carbocycles. The molecule has 1 heterocycles. The van der Waals surface area contributed by atoms with Gasteiger partial charge in [0.15, 0.2) is 0 Å². The van der Waals surface area contributed by atoms with E-state index < -0.39 is 17.4 Å². The number of nitrogens with zero attached hydrogens (tertiary/aromatic N) is 1. The van der Waals surface area contributed by atoms with Gasteiger partial charge in [0.25, 0.3) is 0 Å². The number of carboxylic acid groups (broad SMARTS) is 1. The lowest BCUT2D eigenvalue weighted by atomic mass is 9.74. The number of carbonyl (C=O) groups is 2. The van der Waals surface area contributed by atoms with Crippen molar-refractivity contribution in [3.05, 3.63) is 24.0 Å². The van der Waals surface area contributed by atoms with Crippen molar-refractivity contribution in [2.24, 2.45) is 5.41 Å². The first kappa shape index (κ1) is 15.3. The van der Waals surface area contributed by atoms with E-state index in [1.54, 1.807) is 25.3 Å². The van der Waals surface area contributed by atoms with Crippen LogP contribution in [0.3, 0.4) is 0 Å². The zero-order valence-corrected chi connectivity index (χ0v) is 12.2. The Morgan fingerprint density at radius 3 is 2.67 bits per heavy atom. The van der Waals surface area contributed by atoms with Crippen LogP contribution in [0.5, 0.6) is 0 Å². The van der Waals surface area contributed by atoms with E-state index in [1.807, 2.05) is 0 Å². The van der Waals surface area contributed by atoms with Crippen LogP contribution in [0.25, 0.3) is 0 Å². The minimum atomic E-state index is -0.820. The Kier molecular flexibility index (Phi) is 4.77. The molecule has 0 saturated heterocycles. The standard InChI is InChI=1S/C15H21N3O3/c1-11-12(6-5-9-16-11)18-14(21)17-10-15(13(19)20)7-3-2-4-8-15/h5-6,9H,2-4,7-8,10H2,1H3,(H,19,20)(H2,17,18,21). The summed E-state index contributed by atoms with van der Waals surface area (Å²) in [5.74, 6) is -0.819. The first-order valence-electron chi connectivity index (χ1n) is 7.23. The van der Waals surface area contributed by atoms with Gasteiger partial charge in [0.05, 0.1) is 16.8 Å². The summed E-state index contributed by atoms with van der Waals surface area (Å²) in [4.78, 5) is 27.5. The summed E-state index contributed by atoms with van der Waals surface area (Å²) in [6.45, 7) is 1.96. The molecule has 0 spiro atoms. The summed E-state index contributed by atoms with van der Waals surface area (Å²) < 4.78 is 0. The maximum Gasteiger partial charge on any atom is 0.319 e. The smallest absolute Gasteiger partial charge is 0.319 e. The highest BCUT2D eigenvalue weighted by Crippen LogP contribution is 2.36. The summed E-state index contributed by atoms with van der Waals surface area (Å²) in [6.07, 6.45) is 5.76. The molecule has 2 amide bonds. The molecule has 0 bridgehead atoms. The van der Waals surface area contributed by atoms with E-state index in [-0.39, 0.29) is 6.54 Å². The van der Waals surface area contributed by atoms with Gasteiger partial charge in [0.1, 0.15) is 0 Å². The molecule has 1 saturated carbocycles. The number of amides is 2. The predicted molar refractivity (Wildman–Crippen MR) is 79.1 cm³/mol. The van der Waals surface area contributed by atoms with E-state index in [9.17, 15) is 14.7 Å². The van der Waals surface area contributed by atoms with Gasteiger partial charge in [-0.15, -0.1) is 0 Å². The topological polar surface area (TPSA) is 91.3 Å². The van der Waals surface area contributed by atoms with E-state index >= 15 is 0 Å². The third-order valence-electron chi connectivity index (χ3n) is 4.11. The van der Waals surface area contributed by atoms with E-state index in [0.29, 0.717) is 18.5 Å². The van der Waals surface area contributed by atoms with Gasteiger partial charge in [-0.3, -0.25) is 9.78 Å². The number of carbonyl (C=O) groups excluding carboxylic acids is 1. The van der Waals surface area contributed by atoms with Gasteiger partial charge >= 0.3 is 12.0 Å².